The van der Waals surface area contributed by atoms with E-state index in [2.05, 4.69) is 27.5 Å². The molecule has 1 aliphatic heterocycles. The molecule has 1 aliphatic rings. The van der Waals surface area contributed by atoms with Gasteiger partial charge >= 0.3 is 0 Å². The molecule has 1 N–H and O–H groups in total. The number of halogens is 1. The molecule has 0 radical (unpaired) electrons. The van der Waals surface area contributed by atoms with E-state index in [0.29, 0.717) is 11.2 Å². The Bertz CT molecular complexity index is 308. The third-order valence-corrected chi connectivity index (χ3v) is 3.00. The van der Waals surface area contributed by atoms with Crippen LogP contribution in [-0.2, 0) is 0 Å². The lowest BCUT2D eigenvalue weighted by molar-refractivity contribution is 0.442. The molecule has 1 fully saturated rings. The minimum Gasteiger partial charge on any atom is -0.354 e. The lowest BCUT2D eigenvalue weighted by Crippen LogP contribution is -2.44. The van der Waals surface area contributed by atoms with E-state index in [1.165, 1.54) is 12.8 Å². The predicted octanol–water partition coefficient (Wildman–Crippen LogP) is 1.32. The summed E-state index contributed by atoms with van der Waals surface area (Å²) in [7, 11) is 2.05. The van der Waals surface area contributed by atoms with Crippen molar-refractivity contribution in [2.45, 2.75) is 18.9 Å². The first kappa shape index (κ1) is 10.6. The van der Waals surface area contributed by atoms with E-state index in [0.717, 1.165) is 18.9 Å². The van der Waals surface area contributed by atoms with Crippen molar-refractivity contribution in [1.82, 2.24) is 15.5 Å². The summed E-state index contributed by atoms with van der Waals surface area (Å²) >= 11 is 5.70. The van der Waals surface area contributed by atoms with Crippen LogP contribution in [0.3, 0.4) is 0 Å². The van der Waals surface area contributed by atoms with E-state index in [1.807, 2.05) is 6.07 Å². The maximum absolute atomic E-state index is 5.70. The second-order valence-electron chi connectivity index (χ2n) is 3.83. The van der Waals surface area contributed by atoms with E-state index in [1.54, 1.807) is 6.07 Å². The van der Waals surface area contributed by atoms with Crippen molar-refractivity contribution in [3.05, 3.63) is 17.3 Å². The van der Waals surface area contributed by atoms with Crippen LogP contribution in [0.5, 0.6) is 0 Å². The summed E-state index contributed by atoms with van der Waals surface area (Å²) in [4.78, 5) is 2.16. The van der Waals surface area contributed by atoms with Gasteiger partial charge in [0, 0.05) is 19.6 Å². The van der Waals surface area contributed by atoms with Gasteiger partial charge < -0.3 is 10.2 Å². The first-order valence-corrected chi connectivity index (χ1v) is 5.58. The smallest absolute Gasteiger partial charge is 0.151 e. The highest BCUT2D eigenvalue weighted by Gasteiger charge is 2.18. The minimum absolute atomic E-state index is 0.439. The first-order chi connectivity index (χ1) is 7.27. The zero-order chi connectivity index (χ0) is 10.7. The zero-order valence-electron chi connectivity index (χ0n) is 8.78. The molecule has 1 saturated heterocycles. The van der Waals surface area contributed by atoms with Gasteiger partial charge in [-0.2, -0.15) is 0 Å². The van der Waals surface area contributed by atoms with Crippen molar-refractivity contribution >= 4 is 17.4 Å². The van der Waals surface area contributed by atoms with Gasteiger partial charge in [-0.05, 0) is 31.5 Å². The van der Waals surface area contributed by atoms with Crippen molar-refractivity contribution in [2.24, 2.45) is 0 Å². The molecule has 1 aromatic heterocycles. The maximum atomic E-state index is 5.70. The monoisotopic (exact) mass is 226 g/mol. The number of aromatic nitrogens is 2. The number of hydrogen-bond acceptors (Lipinski definition) is 4. The van der Waals surface area contributed by atoms with Gasteiger partial charge in [0.15, 0.2) is 11.0 Å². The van der Waals surface area contributed by atoms with Crippen molar-refractivity contribution in [3.63, 3.8) is 0 Å². The highest BCUT2D eigenvalue weighted by Crippen LogP contribution is 2.16. The molecule has 0 spiro atoms. The van der Waals surface area contributed by atoms with Crippen molar-refractivity contribution in [3.8, 4) is 0 Å². The number of piperidine rings is 1. The number of hydrogen-bond donors (Lipinski definition) is 1. The number of likely N-dealkylation sites (N-methyl/N-ethyl adjacent to an activating group) is 1. The van der Waals surface area contributed by atoms with Crippen molar-refractivity contribution in [1.29, 1.82) is 0 Å². The van der Waals surface area contributed by atoms with Crippen molar-refractivity contribution < 1.29 is 0 Å². The molecule has 1 aromatic rings. The number of nitrogens with one attached hydrogen (secondary N) is 1. The summed E-state index contributed by atoms with van der Waals surface area (Å²) in [5.41, 5.74) is 0. The molecular weight excluding hydrogens is 212 g/mol. The summed E-state index contributed by atoms with van der Waals surface area (Å²) in [6.07, 6.45) is 2.42. The fourth-order valence-corrected chi connectivity index (χ4v) is 1.95. The van der Waals surface area contributed by atoms with Crippen LogP contribution >= 0.6 is 11.6 Å². The SMILES string of the molecule is CN(c1ccc(Cl)nn1)[C@@H]1CCCNC1. The summed E-state index contributed by atoms with van der Waals surface area (Å²) < 4.78 is 0. The highest BCUT2D eigenvalue weighted by atomic mass is 35.5. The molecule has 4 nitrogen and oxygen atoms in total. The van der Waals surface area contributed by atoms with Crippen LogP contribution in [-0.4, -0.2) is 36.4 Å². The molecule has 82 valence electrons. The average molecular weight is 227 g/mol. The predicted molar refractivity (Wildman–Crippen MR) is 61.3 cm³/mol. The van der Waals surface area contributed by atoms with Crippen LogP contribution in [0.1, 0.15) is 12.8 Å². The van der Waals surface area contributed by atoms with Gasteiger partial charge in [0.1, 0.15) is 0 Å². The van der Waals surface area contributed by atoms with Crippen LogP contribution in [0.4, 0.5) is 5.82 Å². The van der Waals surface area contributed by atoms with E-state index in [4.69, 9.17) is 11.6 Å². The van der Waals surface area contributed by atoms with Gasteiger partial charge in [-0.3, -0.25) is 0 Å². The van der Waals surface area contributed by atoms with Gasteiger partial charge in [0.05, 0.1) is 0 Å². The first-order valence-electron chi connectivity index (χ1n) is 5.20. The lowest BCUT2D eigenvalue weighted by atomic mass is 10.1. The number of rotatable bonds is 2. The molecule has 1 atom stereocenters. The standard InChI is InChI=1S/C10H15ClN4/c1-15(8-3-2-6-12-7-8)10-5-4-9(11)13-14-10/h4-5,8,12H,2-3,6-7H2,1H3/t8-/m1/s1. The van der Waals surface area contributed by atoms with Crippen molar-refractivity contribution in [2.75, 3.05) is 25.0 Å². The fourth-order valence-electron chi connectivity index (χ4n) is 1.85. The molecule has 0 bridgehead atoms. The zero-order valence-corrected chi connectivity index (χ0v) is 9.54. The molecule has 0 aromatic carbocycles. The number of nitrogens with zero attached hydrogens (tertiary/aromatic N) is 3. The van der Waals surface area contributed by atoms with Gasteiger partial charge in [-0.15, -0.1) is 10.2 Å². The summed E-state index contributed by atoms with van der Waals surface area (Å²) in [5, 5.41) is 11.7. The highest BCUT2D eigenvalue weighted by molar-refractivity contribution is 6.29. The molecule has 2 heterocycles. The van der Waals surface area contributed by atoms with Gasteiger partial charge in [-0.1, -0.05) is 11.6 Å². The molecule has 0 amide bonds. The third kappa shape index (κ3) is 2.58. The van der Waals surface area contributed by atoms with E-state index < -0.39 is 0 Å². The van der Waals surface area contributed by atoms with E-state index in [9.17, 15) is 0 Å². The Balaban J connectivity index is 2.05. The Kier molecular flexibility index (Phi) is 3.38. The molecule has 2 rings (SSSR count). The van der Waals surface area contributed by atoms with Crippen LogP contribution in [0.25, 0.3) is 0 Å². The van der Waals surface area contributed by atoms with Crippen LogP contribution in [0, 0.1) is 0 Å². The Morgan fingerprint density at radius 1 is 1.47 bits per heavy atom. The van der Waals surface area contributed by atoms with Crippen LogP contribution in [0.15, 0.2) is 12.1 Å². The van der Waals surface area contributed by atoms with Crippen LogP contribution in [0.2, 0.25) is 5.15 Å². The largest absolute Gasteiger partial charge is 0.354 e. The second-order valence-corrected chi connectivity index (χ2v) is 4.21. The van der Waals surface area contributed by atoms with E-state index in [-0.39, 0.29) is 0 Å². The molecule has 5 heteroatoms. The lowest BCUT2D eigenvalue weighted by Gasteiger charge is -2.32. The van der Waals surface area contributed by atoms with Gasteiger partial charge in [0.25, 0.3) is 0 Å². The van der Waals surface area contributed by atoms with Gasteiger partial charge in [-0.25, -0.2) is 0 Å². The Hall–Kier alpha value is -0.870. The Labute approximate surface area is 94.6 Å². The fraction of sp³-hybridized carbons (Fsp3) is 0.600. The van der Waals surface area contributed by atoms with Crippen LogP contribution < -0.4 is 10.2 Å². The minimum atomic E-state index is 0.439. The Morgan fingerprint density at radius 3 is 2.93 bits per heavy atom. The summed E-state index contributed by atoms with van der Waals surface area (Å²) in [6, 6.07) is 4.19. The maximum Gasteiger partial charge on any atom is 0.151 e. The normalized spacial score (nSPS) is 21.3. The molecule has 0 saturated carbocycles. The molecule has 0 unspecified atom stereocenters. The summed E-state index contributed by atoms with van der Waals surface area (Å²) in [5.74, 6) is 0.883. The number of anilines is 1. The molecule has 15 heavy (non-hydrogen) atoms. The Morgan fingerprint density at radius 2 is 2.33 bits per heavy atom. The summed E-state index contributed by atoms with van der Waals surface area (Å²) in [6.45, 7) is 2.14. The quantitative estimate of drug-likeness (QED) is 0.826. The topological polar surface area (TPSA) is 41.1 Å². The molecular formula is C10H15ClN4. The second kappa shape index (κ2) is 4.77. The third-order valence-electron chi connectivity index (χ3n) is 2.80. The average Bonchev–Trinajstić information content (AvgIpc) is 2.30. The van der Waals surface area contributed by atoms with Gasteiger partial charge in [0.2, 0.25) is 0 Å². The molecule has 0 aliphatic carbocycles. The van der Waals surface area contributed by atoms with E-state index >= 15 is 0 Å².